The molecule has 0 aliphatic heterocycles. The van der Waals surface area contributed by atoms with Crippen LogP contribution in [0.2, 0.25) is 10.0 Å². The zero-order valence-electron chi connectivity index (χ0n) is 20.5. The molecule has 0 aliphatic carbocycles. The summed E-state index contributed by atoms with van der Waals surface area (Å²) in [6.07, 6.45) is 1.90. The highest BCUT2D eigenvalue weighted by Crippen LogP contribution is 2.42. The lowest BCUT2D eigenvalue weighted by atomic mass is 9.95. The number of hydrogen-bond donors (Lipinski definition) is 1. The molecule has 0 bridgehead atoms. The van der Waals surface area contributed by atoms with Crippen LogP contribution in [0.1, 0.15) is 38.5 Å². The second kappa shape index (κ2) is 11.3. The molecule has 8 heteroatoms. The largest absolute Gasteiger partial charge is 0.493 e. The maximum Gasteiger partial charge on any atom is 0.257 e. The molecule has 0 aliphatic rings. The Morgan fingerprint density at radius 2 is 1.75 bits per heavy atom. The van der Waals surface area contributed by atoms with Crippen LogP contribution in [0.4, 0.5) is 0 Å². The molecule has 0 radical (unpaired) electrons. The van der Waals surface area contributed by atoms with Gasteiger partial charge in [0.05, 0.1) is 23.5 Å². The number of fused-ring (bicyclic) bond motifs is 1. The van der Waals surface area contributed by atoms with Gasteiger partial charge < -0.3 is 14.7 Å². The average molecular weight is 526 g/mol. The van der Waals surface area contributed by atoms with Crippen molar-refractivity contribution in [1.29, 1.82) is 0 Å². The van der Waals surface area contributed by atoms with E-state index in [1.165, 1.54) is 0 Å². The van der Waals surface area contributed by atoms with Crippen molar-refractivity contribution in [2.75, 3.05) is 20.2 Å². The summed E-state index contributed by atoms with van der Waals surface area (Å²) in [6, 6.07) is 16.6. The number of rotatable bonds is 9. The summed E-state index contributed by atoms with van der Waals surface area (Å²) in [5, 5.41) is 12.6. The van der Waals surface area contributed by atoms with E-state index >= 15 is 0 Å². The smallest absolute Gasteiger partial charge is 0.257 e. The van der Waals surface area contributed by atoms with E-state index in [0.29, 0.717) is 51.5 Å². The van der Waals surface area contributed by atoms with E-state index in [2.05, 4.69) is 0 Å². The first-order valence-electron chi connectivity index (χ1n) is 12.0. The van der Waals surface area contributed by atoms with Gasteiger partial charge in [-0.25, -0.2) is 4.98 Å². The van der Waals surface area contributed by atoms with Crippen molar-refractivity contribution in [2.45, 2.75) is 32.8 Å². The van der Waals surface area contributed by atoms with E-state index in [4.69, 9.17) is 32.9 Å². The summed E-state index contributed by atoms with van der Waals surface area (Å²) in [5.41, 5.74) is 3.55. The van der Waals surface area contributed by atoms with Gasteiger partial charge in [0.1, 0.15) is 0 Å². The molecular weight excluding hydrogens is 497 g/mol. The van der Waals surface area contributed by atoms with Crippen LogP contribution in [0.25, 0.3) is 28.0 Å². The number of pyridine rings is 1. The predicted molar refractivity (Wildman–Crippen MR) is 145 cm³/mol. The monoisotopic (exact) mass is 525 g/mol. The third-order valence-corrected chi connectivity index (χ3v) is 6.64. The van der Waals surface area contributed by atoms with E-state index in [-0.39, 0.29) is 5.91 Å². The van der Waals surface area contributed by atoms with Gasteiger partial charge in [0.25, 0.3) is 5.91 Å². The third-order valence-electron chi connectivity index (χ3n) is 6.07. The van der Waals surface area contributed by atoms with Crippen LogP contribution >= 0.6 is 23.2 Å². The molecule has 0 fully saturated rings. The molecule has 1 amide bonds. The fourth-order valence-corrected chi connectivity index (χ4v) is 4.85. The molecule has 1 atom stereocenters. The highest BCUT2D eigenvalue weighted by atomic mass is 35.5. The van der Waals surface area contributed by atoms with E-state index in [1.807, 2.05) is 38.1 Å². The zero-order chi connectivity index (χ0) is 25.8. The van der Waals surface area contributed by atoms with Crippen molar-refractivity contribution in [2.24, 2.45) is 0 Å². The number of aliphatic hydroxyl groups excluding tert-OH is 1. The molecule has 4 aromatic rings. The second-order valence-corrected chi connectivity index (χ2v) is 9.36. The number of nitrogens with zero attached hydrogens (tertiary/aromatic N) is 3. The SMILES string of the molecule is CCCN(CCC)C(=O)C(O)c1c(-c2c(Cl)cccc2-c2ccc(Cl)cc2)nc2c(OC)cccn12. The molecule has 4 rings (SSSR count). The van der Waals surface area contributed by atoms with Gasteiger partial charge in [0.2, 0.25) is 0 Å². The summed E-state index contributed by atoms with van der Waals surface area (Å²) in [5.74, 6) is 0.147. The van der Waals surface area contributed by atoms with Gasteiger partial charge >= 0.3 is 0 Å². The number of imidazole rings is 1. The highest BCUT2D eigenvalue weighted by molar-refractivity contribution is 6.34. The summed E-state index contributed by atoms with van der Waals surface area (Å²) in [7, 11) is 1.56. The summed E-state index contributed by atoms with van der Waals surface area (Å²) in [6.45, 7) is 5.13. The van der Waals surface area contributed by atoms with Crippen LogP contribution in [0.5, 0.6) is 5.75 Å². The number of aliphatic hydroxyl groups is 1. The average Bonchev–Trinajstić information content (AvgIpc) is 3.27. The van der Waals surface area contributed by atoms with Crippen LogP contribution in [0.3, 0.4) is 0 Å². The van der Waals surface area contributed by atoms with Crippen molar-refractivity contribution < 1.29 is 14.6 Å². The van der Waals surface area contributed by atoms with E-state index in [9.17, 15) is 9.90 Å². The number of hydrogen-bond acceptors (Lipinski definition) is 4. The standard InChI is InChI=1S/C28H29Cl2N3O3/c1-4-15-32(16-5-2)28(35)26(34)25-24(31-27-22(36-3)10-7-17-33(25)27)23-20(8-6-9-21(23)30)18-11-13-19(29)14-12-18/h6-14,17,26,34H,4-5,15-16H2,1-3H3. The van der Waals surface area contributed by atoms with Gasteiger partial charge in [-0.2, -0.15) is 0 Å². The first-order valence-corrected chi connectivity index (χ1v) is 12.7. The molecule has 2 aromatic carbocycles. The number of benzene rings is 2. The Morgan fingerprint density at radius 3 is 2.39 bits per heavy atom. The van der Waals surface area contributed by atoms with Crippen LogP contribution in [-0.4, -0.2) is 45.5 Å². The molecule has 36 heavy (non-hydrogen) atoms. The molecule has 1 N–H and O–H groups in total. The Balaban J connectivity index is 1.99. The Bertz CT molecular complexity index is 1360. The number of amides is 1. The second-order valence-electron chi connectivity index (χ2n) is 8.51. The Hall–Kier alpha value is -3.06. The fraction of sp³-hybridized carbons (Fsp3) is 0.286. The quantitative estimate of drug-likeness (QED) is 0.265. The number of halogens is 2. The van der Waals surface area contributed by atoms with Crippen LogP contribution in [0.15, 0.2) is 60.8 Å². The van der Waals surface area contributed by atoms with Crippen molar-refractivity contribution >= 4 is 34.8 Å². The third kappa shape index (κ3) is 4.94. The number of carbonyl (C=O) groups is 1. The minimum atomic E-state index is -1.45. The van der Waals surface area contributed by atoms with E-state index in [0.717, 1.165) is 24.0 Å². The number of aromatic nitrogens is 2. The first kappa shape index (κ1) is 26.0. The van der Waals surface area contributed by atoms with E-state index < -0.39 is 6.10 Å². The van der Waals surface area contributed by atoms with Crippen LogP contribution in [-0.2, 0) is 4.79 Å². The minimum Gasteiger partial charge on any atom is -0.493 e. The molecule has 0 spiro atoms. The molecule has 1 unspecified atom stereocenters. The Kier molecular flexibility index (Phi) is 8.19. The summed E-state index contributed by atoms with van der Waals surface area (Å²) >= 11 is 12.9. The normalized spacial score (nSPS) is 12.1. The molecule has 0 saturated heterocycles. The molecule has 0 saturated carbocycles. The zero-order valence-corrected chi connectivity index (χ0v) is 22.1. The number of ether oxygens (including phenoxy) is 1. The Morgan fingerprint density at radius 1 is 1.06 bits per heavy atom. The van der Waals surface area contributed by atoms with Crippen molar-refractivity contribution in [3.63, 3.8) is 0 Å². The highest BCUT2D eigenvalue weighted by Gasteiger charge is 2.32. The number of carbonyl (C=O) groups excluding carboxylic acids is 1. The fourth-order valence-electron chi connectivity index (χ4n) is 4.46. The Labute approximate surface area is 221 Å². The van der Waals surface area contributed by atoms with Gasteiger partial charge in [0.15, 0.2) is 17.5 Å². The van der Waals surface area contributed by atoms with Gasteiger partial charge in [-0.05, 0) is 54.3 Å². The molecule has 2 aromatic heterocycles. The lowest BCUT2D eigenvalue weighted by Gasteiger charge is -2.25. The maximum absolute atomic E-state index is 13.5. The molecule has 2 heterocycles. The lowest BCUT2D eigenvalue weighted by Crippen LogP contribution is -2.37. The molecular formula is C28H29Cl2N3O3. The topological polar surface area (TPSA) is 67.1 Å². The lowest BCUT2D eigenvalue weighted by molar-refractivity contribution is -0.140. The summed E-state index contributed by atoms with van der Waals surface area (Å²) < 4.78 is 7.26. The van der Waals surface area contributed by atoms with Crippen LogP contribution < -0.4 is 4.74 Å². The predicted octanol–water partition coefficient (Wildman–Crippen LogP) is 6.67. The van der Waals surface area contributed by atoms with Gasteiger partial charge in [-0.3, -0.25) is 9.20 Å². The van der Waals surface area contributed by atoms with Crippen molar-refractivity contribution in [3.05, 3.63) is 76.5 Å². The van der Waals surface area contributed by atoms with Crippen molar-refractivity contribution in [3.8, 4) is 28.1 Å². The summed E-state index contributed by atoms with van der Waals surface area (Å²) in [4.78, 5) is 20.1. The maximum atomic E-state index is 13.5. The van der Waals surface area contributed by atoms with Crippen molar-refractivity contribution in [1.82, 2.24) is 14.3 Å². The first-order chi connectivity index (χ1) is 17.4. The van der Waals surface area contributed by atoms with Gasteiger partial charge in [0, 0.05) is 29.9 Å². The van der Waals surface area contributed by atoms with Gasteiger partial charge in [-0.15, -0.1) is 0 Å². The molecule has 188 valence electrons. The number of methoxy groups -OCH3 is 1. The van der Waals surface area contributed by atoms with Gasteiger partial charge in [-0.1, -0.05) is 61.3 Å². The van der Waals surface area contributed by atoms with Crippen LogP contribution in [0, 0.1) is 0 Å². The van der Waals surface area contributed by atoms with E-state index in [1.54, 1.807) is 52.9 Å². The molecule has 6 nitrogen and oxygen atoms in total. The minimum absolute atomic E-state index is 0.342.